The first-order valence-corrected chi connectivity index (χ1v) is 6.61. The maximum Gasteiger partial charge on any atom is 0.217 e. The minimum atomic E-state index is 0.148. The molecular formula is C14H23NO. The van der Waals surface area contributed by atoms with Crippen molar-refractivity contribution in [3.8, 4) is 0 Å². The lowest BCUT2D eigenvalue weighted by Gasteiger charge is -2.65. The number of hydrogen-bond donors (Lipinski definition) is 1. The van der Waals surface area contributed by atoms with Gasteiger partial charge in [0.1, 0.15) is 0 Å². The second-order valence-electron chi connectivity index (χ2n) is 7.59. The Hall–Kier alpha value is -0.530. The van der Waals surface area contributed by atoms with Crippen LogP contribution in [0.2, 0.25) is 0 Å². The van der Waals surface area contributed by atoms with Crippen LogP contribution in [0.3, 0.4) is 0 Å². The van der Waals surface area contributed by atoms with E-state index >= 15 is 0 Å². The summed E-state index contributed by atoms with van der Waals surface area (Å²) in [6.07, 6.45) is 7.82. The molecule has 1 amide bonds. The molecule has 2 unspecified atom stereocenters. The summed E-state index contributed by atoms with van der Waals surface area (Å²) in [7, 11) is 0. The van der Waals surface area contributed by atoms with Gasteiger partial charge in [-0.05, 0) is 55.3 Å². The fraction of sp³-hybridized carbons (Fsp3) is 0.929. The molecule has 0 aromatic rings. The molecule has 0 aromatic carbocycles. The second-order valence-corrected chi connectivity index (χ2v) is 7.59. The average Bonchev–Trinajstić information content (AvgIpc) is 1.91. The predicted molar refractivity (Wildman–Crippen MR) is 64.0 cm³/mol. The van der Waals surface area contributed by atoms with Crippen molar-refractivity contribution in [3.63, 3.8) is 0 Å². The molecule has 4 bridgehead atoms. The highest BCUT2D eigenvalue weighted by Crippen LogP contribution is 2.66. The molecule has 4 aliphatic carbocycles. The van der Waals surface area contributed by atoms with E-state index < -0.39 is 0 Å². The maximum absolute atomic E-state index is 11.4. The topological polar surface area (TPSA) is 29.1 Å². The Morgan fingerprint density at radius 2 is 1.62 bits per heavy atom. The highest BCUT2D eigenvalue weighted by molar-refractivity contribution is 5.74. The average molecular weight is 221 g/mol. The molecule has 0 aliphatic heterocycles. The SMILES string of the molecule is CC(=O)NC12CC3C[C@@](C)(C1)C[C@](C)(C3)C2. The first-order chi connectivity index (χ1) is 7.32. The molecule has 0 aromatic heterocycles. The van der Waals surface area contributed by atoms with Gasteiger partial charge in [-0.2, -0.15) is 0 Å². The third kappa shape index (κ3) is 1.49. The van der Waals surface area contributed by atoms with E-state index in [0.717, 1.165) is 5.92 Å². The first-order valence-electron chi connectivity index (χ1n) is 6.61. The van der Waals surface area contributed by atoms with Gasteiger partial charge in [-0.3, -0.25) is 4.79 Å². The van der Waals surface area contributed by atoms with Crippen molar-refractivity contribution in [1.29, 1.82) is 0 Å². The zero-order chi connectivity index (χ0) is 11.6. The molecule has 0 spiro atoms. The summed E-state index contributed by atoms with van der Waals surface area (Å²) < 4.78 is 0. The molecule has 2 heteroatoms. The number of carbonyl (C=O) groups excluding carboxylic acids is 1. The molecule has 4 fully saturated rings. The lowest BCUT2D eigenvalue weighted by molar-refractivity contribution is -0.138. The van der Waals surface area contributed by atoms with Gasteiger partial charge >= 0.3 is 0 Å². The normalized spacial score (nSPS) is 54.1. The van der Waals surface area contributed by atoms with E-state index in [-0.39, 0.29) is 11.4 Å². The molecule has 4 rings (SSSR count). The summed E-state index contributed by atoms with van der Waals surface area (Å²) in [5.41, 5.74) is 1.14. The van der Waals surface area contributed by atoms with Crippen LogP contribution >= 0.6 is 0 Å². The highest BCUT2D eigenvalue weighted by Gasteiger charge is 2.60. The Morgan fingerprint density at radius 3 is 2.06 bits per heavy atom. The van der Waals surface area contributed by atoms with Crippen LogP contribution in [0.15, 0.2) is 0 Å². The number of nitrogens with one attached hydrogen (secondary N) is 1. The van der Waals surface area contributed by atoms with Crippen LogP contribution in [-0.4, -0.2) is 11.4 Å². The number of carbonyl (C=O) groups is 1. The van der Waals surface area contributed by atoms with Crippen molar-refractivity contribution in [1.82, 2.24) is 5.32 Å². The van der Waals surface area contributed by atoms with Gasteiger partial charge < -0.3 is 5.32 Å². The van der Waals surface area contributed by atoms with Crippen LogP contribution in [0.4, 0.5) is 0 Å². The minimum absolute atomic E-state index is 0.148. The molecule has 4 atom stereocenters. The quantitative estimate of drug-likeness (QED) is 0.725. The zero-order valence-corrected chi connectivity index (χ0v) is 10.7. The van der Waals surface area contributed by atoms with E-state index in [1.54, 1.807) is 6.92 Å². The van der Waals surface area contributed by atoms with Gasteiger partial charge in [-0.25, -0.2) is 0 Å². The van der Waals surface area contributed by atoms with Gasteiger partial charge in [-0.1, -0.05) is 13.8 Å². The molecule has 2 nitrogen and oxygen atoms in total. The summed E-state index contributed by atoms with van der Waals surface area (Å²) in [5.74, 6) is 1.02. The molecule has 90 valence electrons. The van der Waals surface area contributed by atoms with E-state index in [4.69, 9.17) is 0 Å². The van der Waals surface area contributed by atoms with E-state index in [0.29, 0.717) is 10.8 Å². The molecule has 0 saturated heterocycles. The Bertz CT molecular complexity index is 331. The first kappa shape index (κ1) is 10.6. The number of amides is 1. The molecule has 4 saturated carbocycles. The van der Waals surface area contributed by atoms with Crippen LogP contribution < -0.4 is 5.32 Å². The lowest BCUT2D eigenvalue weighted by Crippen LogP contribution is -2.64. The molecule has 1 N–H and O–H groups in total. The molecule has 0 heterocycles. The zero-order valence-electron chi connectivity index (χ0n) is 10.7. The van der Waals surface area contributed by atoms with Crippen LogP contribution in [0, 0.1) is 16.7 Å². The standard InChI is InChI=1S/C14H23NO/c1-10(16)15-14-6-11-4-12(2,8-14)7-13(3,5-11)9-14/h11H,4-9H2,1-3H3,(H,15,16)/t11?,12-,13+,14?. The van der Waals surface area contributed by atoms with E-state index in [1.807, 2.05) is 0 Å². The maximum atomic E-state index is 11.4. The number of rotatable bonds is 1. The van der Waals surface area contributed by atoms with E-state index in [2.05, 4.69) is 19.2 Å². The van der Waals surface area contributed by atoms with Crippen LogP contribution in [0.25, 0.3) is 0 Å². The largest absolute Gasteiger partial charge is 0.351 e. The summed E-state index contributed by atoms with van der Waals surface area (Å²) >= 11 is 0. The van der Waals surface area contributed by atoms with Crippen LogP contribution in [-0.2, 0) is 4.79 Å². The molecule has 0 radical (unpaired) electrons. The Kier molecular flexibility index (Phi) is 1.88. The summed E-state index contributed by atoms with van der Waals surface area (Å²) in [5, 5.41) is 3.30. The fourth-order valence-corrected chi connectivity index (χ4v) is 5.96. The Labute approximate surface area is 98.2 Å². The van der Waals surface area contributed by atoms with Crippen molar-refractivity contribution in [3.05, 3.63) is 0 Å². The van der Waals surface area contributed by atoms with Crippen molar-refractivity contribution < 1.29 is 4.79 Å². The minimum Gasteiger partial charge on any atom is -0.351 e. The molecule has 4 aliphatic rings. The fourth-order valence-electron chi connectivity index (χ4n) is 5.96. The predicted octanol–water partition coefficient (Wildman–Crippen LogP) is 2.87. The van der Waals surface area contributed by atoms with Gasteiger partial charge in [0, 0.05) is 12.5 Å². The lowest BCUT2D eigenvalue weighted by atomic mass is 9.43. The van der Waals surface area contributed by atoms with E-state index in [9.17, 15) is 4.79 Å². The second kappa shape index (κ2) is 2.83. The van der Waals surface area contributed by atoms with Crippen molar-refractivity contribution in [2.24, 2.45) is 16.7 Å². The third-order valence-corrected chi connectivity index (χ3v) is 5.07. The van der Waals surface area contributed by atoms with Gasteiger partial charge in [0.05, 0.1) is 0 Å². The highest BCUT2D eigenvalue weighted by atomic mass is 16.1. The van der Waals surface area contributed by atoms with Gasteiger partial charge in [0.25, 0.3) is 0 Å². The van der Waals surface area contributed by atoms with Crippen molar-refractivity contribution >= 4 is 5.91 Å². The van der Waals surface area contributed by atoms with Crippen LogP contribution in [0.1, 0.15) is 59.3 Å². The number of hydrogen-bond acceptors (Lipinski definition) is 1. The summed E-state index contributed by atoms with van der Waals surface area (Å²) in [6.45, 7) is 6.54. The van der Waals surface area contributed by atoms with Gasteiger partial charge in [-0.15, -0.1) is 0 Å². The van der Waals surface area contributed by atoms with Gasteiger partial charge in [0.2, 0.25) is 5.91 Å². The smallest absolute Gasteiger partial charge is 0.217 e. The monoisotopic (exact) mass is 221 g/mol. The van der Waals surface area contributed by atoms with E-state index in [1.165, 1.54) is 38.5 Å². The summed E-state index contributed by atoms with van der Waals surface area (Å²) in [6, 6.07) is 0. The van der Waals surface area contributed by atoms with Crippen LogP contribution in [0.5, 0.6) is 0 Å². The van der Waals surface area contributed by atoms with Crippen molar-refractivity contribution in [2.75, 3.05) is 0 Å². The van der Waals surface area contributed by atoms with Crippen molar-refractivity contribution in [2.45, 2.75) is 64.8 Å². The Balaban J connectivity index is 1.95. The molecule has 16 heavy (non-hydrogen) atoms. The Morgan fingerprint density at radius 1 is 1.06 bits per heavy atom. The summed E-state index contributed by atoms with van der Waals surface area (Å²) in [4.78, 5) is 11.4. The van der Waals surface area contributed by atoms with Gasteiger partial charge in [0.15, 0.2) is 0 Å². The third-order valence-electron chi connectivity index (χ3n) is 5.07. The molecular weight excluding hydrogens is 198 g/mol.